The van der Waals surface area contributed by atoms with Gasteiger partial charge >= 0.3 is 0 Å². The molecule has 28 rings (SSSR count). The van der Waals surface area contributed by atoms with Crippen molar-refractivity contribution >= 4 is 161 Å². The fourth-order valence-electron chi connectivity index (χ4n) is 25.2. The molecule has 0 amide bonds. The normalized spacial score (nSPS) is 13.0. The fraction of sp³-hybridized carbons (Fsp3) is 0.138. The van der Waals surface area contributed by atoms with Crippen molar-refractivity contribution in [3.05, 3.63) is 421 Å². The van der Waals surface area contributed by atoms with Crippen LogP contribution in [0.5, 0.6) is 0 Å². The standard InChI is InChI=1S/C56H32N6.C37H44N4.C30H20N2/c1-58-52-53(59-44-26-10-2-18-35(44)36-19-3-11-27-45(36)59)43(34-57)54(60-46-28-12-4-20-37(46)38-21-5-13-29-47(38)60)56(62-50-32-16-8-24-41(50)42-25-9-17-33-51(42)62)55(52)61-48-30-14-6-22-39(48)40-23-7-15-31-49(40)61;1-9-21-22(10-2)30-18-32-25(13-5)26(14-6)34-20-36-28(16-8)27(15-7)35-19-33-24(12-4)23(11-3)31-17-29(21)38(30)37(39(31)33,40(32)34)41(35)36;1-5-16-27-23(12-1)24-13-2-6-17-28(24)31(27)21-10-9-11-22(20-21)32-29-18-7-3-14-25(29)26-15-4-8-19-30(26)32/h2-33H;17-20H,9-16H2,1-8H3;1-20H. The average molecular weight is 1740 g/mol. The maximum Gasteiger partial charge on any atom is 0.295 e. The van der Waals surface area contributed by atoms with E-state index in [1.165, 1.54) is 144 Å². The minimum atomic E-state index is -0.513. The molecule has 1 spiro atoms. The predicted molar refractivity (Wildman–Crippen MR) is 560 cm³/mol. The van der Waals surface area contributed by atoms with Crippen molar-refractivity contribution in [2.75, 3.05) is 0 Å². The van der Waals surface area contributed by atoms with Crippen LogP contribution in [0.2, 0.25) is 0 Å². The molecule has 12 nitrogen and oxygen atoms in total. The molecule has 0 saturated heterocycles. The highest BCUT2D eigenvalue weighted by Gasteiger charge is 2.54. The van der Waals surface area contributed by atoms with E-state index in [-0.39, 0.29) is 0 Å². The van der Waals surface area contributed by atoms with Gasteiger partial charge in [0.05, 0.1) is 145 Å². The SMILES string of the molecule is CCc1c(CC)c2n3c1C=c1c(CC)c(CC)c4n1C31n3c(c(CC)c(CC)c3C=c3c(CC)c(CC)c(n31)=C2)C=4.[C-]#[N+]c1c(-n2c3ccccc3c3ccccc32)c(C#N)c(-n2c3ccccc3c3ccccc32)c(-n2c3ccccc3c3ccccc32)c1-n1c2ccccc2c2ccccc21.c1cc(-n2c3ccccc3c3ccccc32)cc(-n2c3ccccc3c3ccccc32)c1. The molecule has 0 unspecified atom stereocenters. The zero-order valence-corrected chi connectivity index (χ0v) is 76.9. The summed E-state index contributed by atoms with van der Waals surface area (Å²) in [6.07, 6.45) is 18.7. The van der Waals surface area contributed by atoms with Gasteiger partial charge in [0.2, 0.25) is 5.69 Å². The highest BCUT2D eigenvalue weighted by atomic mass is 15.6. The van der Waals surface area contributed by atoms with Crippen LogP contribution in [0.15, 0.2) is 315 Å². The minimum Gasteiger partial charge on any atom is -0.318 e. The zero-order chi connectivity index (χ0) is 90.7. The van der Waals surface area contributed by atoms with E-state index < -0.39 is 5.91 Å². The third kappa shape index (κ3) is 10.5. The van der Waals surface area contributed by atoms with Crippen LogP contribution in [-0.4, -0.2) is 45.7 Å². The highest BCUT2D eigenvalue weighted by Crippen LogP contribution is 2.54. The largest absolute Gasteiger partial charge is 0.318 e. The topological polar surface area (TPSA) is 77.5 Å². The van der Waals surface area contributed by atoms with Gasteiger partial charge < -0.3 is 27.4 Å². The van der Waals surface area contributed by atoms with Gasteiger partial charge in [-0.3, -0.25) is 18.3 Å². The molecular weight excluding hydrogens is 1650 g/mol. The van der Waals surface area contributed by atoms with Crippen molar-refractivity contribution < 1.29 is 0 Å². The Morgan fingerprint density at radius 3 is 0.667 bits per heavy atom. The van der Waals surface area contributed by atoms with Crippen LogP contribution in [0.3, 0.4) is 0 Å². The number of fused-ring (bicyclic) bond motifs is 18. The molecule has 4 aliphatic heterocycles. The Balaban J connectivity index is 0.000000112. The van der Waals surface area contributed by atoms with Gasteiger partial charge in [0.15, 0.2) is 0 Å². The second-order valence-corrected chi connectivity index (χ2v) is 36.3. The van der Waals surface area contributed by atoms with Crippen molar-refractivity contribution in [1.29, 1.82) is 5.26 Å². The van der Waals surface area contributed by atoms with Crippen LogP contribution in [0.25, 0.3) is 194 Å². The van der Waals surface area contributed by atoms with Gasteiger partial charge in [-0.1, -0.05) is 280 Å². The summed E-state index contributed by atoms with van der Waals surface area (Å²) in [5, 5.41) is 31.5. The van der Waals surface area contributed by atoms with E-state index in [0.717, 1.165) is 144 Å². The Bertz CT molecular complexity index is 8780. The Hall–Kier alpha value is -16.5. The van der Waals surface area contributed by atoms with Crippen LogP contribution in [0, 0.1) is 17.9 Å². The summed E-state index contributed by atoms with van der Waals surface area (Å²) in [4.78, 5) is 4.63. The van der Waals surface area contributed by atoms with Crippen LogP contribution >= 0.6 is 0 Å². The minimum absolute atomic E-state index is 0.376. The van der Waals surface area contributed by atoms with Crippen molar-refractivity contribution in [3.63, 3.8) is 0 Å². The first-order valence-corrected chi connectivity index (χ1v) is 48.2. The molecule has 10 aromatic heterocycles. The molecule has 14 heterocycles. The molecule has 4 aliphatic rings. The summed E-state index contributed by atoms with van der Waals surface area (Å²) < 4.78 is 24.9. The van der Waals surface area contributed by atoms with Crippen molar-refractivity contribution in [1.82, 2.24) is 45.7 Å². The first-order chi connectivity index (χ1) is 66.7. The van der Waals surface area contributed by atoms with E-state index in [4.69, 9.17) is 0 Å². The van der Waals surface area contributed by atoms with E-state index >= 15 is 0 Å². The molecule has 0 N–H and O–H groups in total. The third-order valence-corrected chi connectivity index (χ3v) is 30.3. The van der Waals surface area contributed by atoms with Crippen LogP contribution in [0.1, 0.15) is 128 Å². The lowest BCUT2D eigenvalue weighted by atomic mass is 10.0. The average Bonchev–Trinajstić information content (AvgIpc) is 1.46. The molecule has 648 valence electrons. The summed E-state index contributed by atoms with van der Waals surface area (Å²) in [7, 11) is 0. The molecule has 0 bridgehead atoms. The maximum atomic E-state index is 12.1. The van der Waals surface area contributed by atoms with Crippen LogP contribution < -0.4 is 21.4 Å². The molecule has 135 heavy (non-hydrogen) atoms. The van der Waals surface area contributed by atoms with Gasteiger partial charge in [-0.15, -0.1) is 0 Å². The summed E-state index contributed by atoms with van der Waals surface area (Å²) in [6.45, 7) is 28.3. The summed E-state index contributed by atoms with van der Waals surface area (Å²) >= 11 is 0. The summed E-state index contributed by atoms with van der Waals surface area (Å²) in [5.41, 5.74) is 36.3. The summed E-state index contributed by atoms with van der Waals surface area (Å²) in [6, 6.07) is 114. The fourth-order valence-corrected chi connectivity index (χ4v) is 25.2. The van der Waals surface area contributed by atoms with E-state index in [1.807, 2.05) is 12.1 Å². The monoisotopic (exact) mass is 1740 g/mol. The molecule has 0 fully saturated rings. The maximum absolute atomic E-state index is 12.1. The number of aromatic nitrogens is 10. The molecular formula is C123H96N12. The van der Waals surface area contributed by atoms with E-state index in [2.05, 4.69) is 440 Å². The summed E-state index contributed by atoms with van der Waals surface area (Å²) in [5.74, 6) is -0.513. The second kappa shape index (κ2) is 30.3. The van der Waals surface area contributed by atoms with Crippen LogP contribution in [-0.2, 0) is 57.3 Å². The second-order valence-electron chi connectivity index (χ2n) is 36.3. The smallest absolute Gasteiger partial charge is 0.295 e. The Morgan fingerprint density at radius 1 is 0.237 bits per heavy atom. The molecule has 0 atom stereocenters. The Morgan fingerprint density at radius 2 is 0.444 bits per heavy atom. The van der Waals surface area contributed by atoms with Gasteiger partial charge in [0, 0.05) is 76.0 Å². The lowest BCUT2D eigenvalue weighted by Crippen LogP contribution is -2.70. The number of nitrogens with zero attached hydrogens (tertiary/aromatic N) is 12. The number of hydrogen-bond acceptors (Lipinski definition) is 1. The van der Waals surface area contributed by atoms with Gasteiger partial charge in [0.1, 0.15) is 6.07 Å². The molecule has 24 aromatic rings. The lowest BCUT2D eigenvalue weighted by Gasteiger charge is -2.49. The zero-order valence-electron chi connectivity index (χ0n) is 76.9. The van der Waals surface area contributed by atoms with Gasteiger partial charge in [-0.25, -0.2) is 4.85 Å². The quantitative estimate of drug-likeness (QED) is 0.1000. The van der Waals surface area contributed by atoms with Crippen molar-refractivity contribution in [2.45, 2.75) is 113 Å². The number of rotatable bonds is 14. The van der Waals surface area contributed by atoms with Crippen molar-refractivity contribution in [3.8, 4) is 40.2 Å². The Kier molecular flexibility index (Phi) is 17.8. The van der Waals surface area contributed by atoms with E-state index in [1.54, 1.807) is 0 Å². The van der Waals surface area contributed by atoms with Gasteiger partial charge in [-0.2, -0.15) is 5.26 Å². The first-order valence-electron chi connectivity index (χ1n) is 48.2. The number of hydrogen-bond donors (Lipinski definition) is 0. The van der Waals surface area contributed by atoms with E-state index in [0.29, 0.717) is 28.3 Å². The van der Waals surface area contributed by atoms with Crippen molar-refractivity contribution in [2.24, 2.45) is 0 Å². The molecule has 0 radical (unpaired) electrons. The number of para-hydroxylation sites is 12. The van der Waals surface area contributed by atoms with Gasteiger partial charge in [0.25, 0.3) is 5.91 Å². The van der Waals surface area contributed by atoms with E-state index in [9.17, 15) is 11.8 Å². The van der Waals surface area contributed by atoms with Crippen LogP contribution in [0.4, 0.5) is 5.69 Å². The van der Waals surface area contributed by atoms with Gasteiger partial charge in [-0.05, 0) is 211 Å². The number of nitriles is 1. The molecule has 14 aromatic carbocycles. The Labute approximate surface area is 780 Å². The predicted octanol–water partition coefficient (Wildman–Crippen LogP) is 26.6. The highest BCUT2D eigenvalue weighted by molar-refractivity contribution is 6.18. The molecule has 12 heteroatoms. The third-order valence-electron chi connectivity index (χ3n) is 30.3. The lowest BCUT2D eigenvalue weighted by molar-refractivity contribution is 0.0966. The molecule has 0 aliphatic carbocycles. The number of benzene rings is 14. The first kappa shape index (κ1) is 79.4. The molecule has 0 saturated carbocycles.